The average Bonchev–Trinajstić information content (AvgIpc) is 3.08. The van der Waals surface area contributed by atoms with Crippen LogP contribution in [-0.4, -0.2) is 56.9 Å². The summed E-state index contributed by atoms with van der Waals surface area (Å²) >= 11 is 0. The van der Waals surface area contributed by atoms with Gasteiger partial charge in [-0.15, -0.1) is 5.10 Å². The lowest BCUT2D eigenvalue weighted by Gasteiger charge is -2.37. The smallest absolute Gasteiger partial charge is 0.253 e. The van der Waals surface area contributed by atoms with Crippen LogP contribution in [0.4, 0.5) is 0 Å². The highest BCUT2D eigenvalue weighted by Gasteiger charge is 2.27. The summed E-state index contributed by atoms with van der Waals surface area (Å²) in [6.07, 6.45) is 2.15. The van der Waals surface area contributed by atoms with Gasteiger partial charge in [0.05, 0.1) is 5.52 Å². The van der Waals surface area contributed by atoms with Crippen LogP contribution in [0.15, 0.2) is 48.5 Å². The van der Waals surface area contributed by atoms with Gasteiger partial charge in [-0.3, -0.25) is 9.69 Å². The number of likely N-dealkylation sites (tertiary alicyclic amines) is 1. The molecule has 6 nitrogen and oxygen atoms in total. The number of hydrogen-bond acceptors (Lipinski definition) is 4. The maximum Gasteiger partial charge on any atom is 0.253 e. The molecule has 3 aromatic rings. The number of aromatic nitrogens is 3. The molecule has 27 heavy (non-hydrogen) atoms. The molecule has 6 heteroatoms. The molecule has 4 rings (SSSR count). The normalized spacial score (nSPS) is 17.9. The van der Waals surface area contributed by atoms with E-state index in [0.717, 1.165) is 43.5 Å². The van der Waals surface area contributed by atoms with Crippen LogP contribution in [0.25, 0.3) is 11.0 Å². The summed E-state index contributed by atoms with van der Waals surface area (Å²) in [5, 5.41) is 8.14. The fraction of sp³-hybridized carbons (Fsp3) is 0.381. The Kier molecular flexibility index (Phi) is 4.90. The van der Waals surface area contributed by atoms with Gasteiger partial charge in [0, 0.05) is 38.8 Å². The van der Waals surface area contributed by atoms with E-state index < -0.39 is 0 Å². The number of benzene rings is 2. The molecule has 0 N–H and O–H groups in total. The fourth-order valence-corrected chi connectivity index (χ4v) is 3.88. The number of carbonyl (C=O) groups excluding carboxylic acids is 1. The van der Waals surface area contributed by atoms with Crippen LogP contribution in [0, 0.1) is 0 Å². The molecule has 1 saturated heterocycles. The zero-order valence-corrected chi connectivity index (χ0v) is 15.9. The van der Waals surface area contributed by atoms with Crippen molar-refractivity contribution in [2.45, 2.75) is 25.4 Å². The molecule has 0 aliphatic carbocycles. The maximum atomic E-state index is 13.0. The maximum absolute atomic E-state index is 13.0. The second-order valence-electron chi connectivity index (χ2n) is 7.35. The second-order valence-corrected chi connectivity index (χ2v) is 7.35. The third kappa shape index (κ3) is 3.71. The van der Waals surface area contributed by atoms with Gasteiger partial charge in [-0.1, -0.05) is 35.5 Å². The topological polar surface area (TPSA) is 54.3 Å². The first kappa shape index (κ1) is 17.7. The van der Waals surface area contributed by atoms with E-state index in [1.54, 1.807) is 4.68 Å². The van der Waals surface area contributed by atoms with E-state index >= 15 is 0 Å². The highest BCUT2D eigenvalue weighted by Crippen LogP contribution is 2.20. The number of rotatable bonds is 4. The van der Waals surface area contributed by atoms with Crippen molar-refractivity contribution in [3.63, 3.8) is 0 Å². The Morgan fingerprint density at radius 3 is 2.85 bits per heavy atom. The number of amides is 1. The summed E-state index contributed by atoms with van der Waals surface area (Å²) in [4.78, 5) is 17.4. The van der Waals surface area contributed by atoms with Gasteiger partial charge in [-0.2, -0.15) is 0 Å². The highest BCUT2D eigenvalue weighted by molar-refractivity contribution is 5.97. The molecule has 1 fully saturated rings. The van der Waals surface area contributed by atoms with Crippen LogP contribution in [0.2, 0.25) is 0 Å². The summed E-state index contributed by atoms with van der Waals surface area (Å²) < 4.78 is 1.72. The van der Waals surface area contributed by atoms with E-state index in [-0.39, 0.29) is 11.9 Å². The van der Waals surface area contributed by atoms with Crippen molar-refractivity contribution < 1.29 is 4.79 Å². The van der Waals surface area contributed by atoms with Gasteiger partial charge in [0.25, 0.3) is 5.91 Å². The lowest BCUT2D eigenvalue weighted by Crippen LogP contribution is -2.48. The van der Waals surface area contributed by atoms with Crippen molar-refractivity contribution in [3.8, 4) is 0 Å². The molecule has 1 amide bonds. The number of aryl methyl sites for hydroxylation is 1. The molecular formula is C21H25N5O. The van der Waals surface area contributed by atoms with Gasteiger partial charge in [0.1, 0.15) is 5.52 Å². The first-order chi connectivity index (χ1) is 13.1. The number of likely N-dealkylation sites (N-methyl/N-ethyl adjacent to an activating group) is 1. The van der Waals surface area contributed by atoms with Crippen LogP contribution >= 0.6 is 0 Å². The van der Waals surface area contributed by atoms with Gasteiger partial charge in [0.2, 0.25) is 0 Å². The zero-order valence-electron chi connectivity index (χ0n) is 15.9. The molecule has 1 unspecified atom stereocenters. The summed E-state index contributed by atoms with van der Waals surface area (Å²) in [5.41, 5.74) is 3.68. The minimum atomic E-state index is 0.0501. The molecule has 0 radical (unpaired) electrons. The van der Waals surface area contributed by atoms with Crippen molar-refractivity contribution in [1.82, 2.24) is 24.8 Å². The Morgan fingerprint density at radius 1 is 1.22 bits per heavy atom. The number of carbonyl (C=O) groups is 1. The third-order valence-corrected chi connectivity index (χ3v) is 5.46. The van der Waals surface area contributed by atoms with Gasteiger partial charge in [-0.05, 0) is 43.1 Å². The molecule has 1 aliphatic heterocycles. The number of nitrogens with zero attached hydrogens (tertiary/aromatic N) is 5. The van der Waals surface area contributed by atoms with Crippen molar-refractivity contribution in [3.05, 3.63) is 59.7 Å². The highest BCUT2D eigenvalue weighted by atomic mass is 16.2. The van der Waals surface area contributed by atoms with Crippen LogP contribution in [0.5, 0.6) is 0 Å². The SMILES string of the molecule is CN(C(=O)c1ccc2c(c1)nnn2C)C1CCCN(Cc2ccccc2)C1. The molecule has 0 spiro atoms. The molecule has 1 atom stereocenters. The quantitative estimate of drug-likeness (QED) is 0.715. The van der Waals surface area contributed by atoms with Crippen molar-refractivity contribution in [2.24, 2.45) is 7.05 Å². The van der Waals surface area contributed by atoms with E-state index in [2.05, 4.69) is 39.5 Å². The molecule has 2 aromatic carbocycles. The fourth-order valence-electron chi connectivity index (χ4n) is 3.88. The zero-order chi connectivity index (χ0) is 18.8. The minimum absolute atomic E-state index is 0.0501. The van der Waals surface area contributed by atoms with Gasteiger partial charge in [0.15, 0.2) is 0 Å². The lowest BCUT2D eigenvalue weighted by molar-refractivity contribution is 0.0609. The molecule has 1 aliphatic rings. The Morgan fingerprint density at radius 2 is 2.04 bits per heavy atom. The van der Waals surface area contributed by atoms with Crippen molar-refractivity contribution >= 4 is 16.9 Å². The van der Waals surface area contributed by atoms with Crippen LogP contribution in [0.3, 0.4) is 0 Å². The van der Waals surface area contributed by atoms with Gasteiger partial charge in [-0.25, -0.2) is 4.68 Å². The Bertz CT molecular complexity index is 936. The summed E-state index contributed by atoms with van der Waals surface area (Å²) in [7, 11) is 3.77. The third-order valence-electron chi connectivity index (χ3n) is 5.46. The average molecular weight is 363 g/mol. The monoisotopic (exact) mass is 363 g/mol. The van der Waals surface area contributed by atoms with E-state index in [4.69, 9.17) is 0 Å². The van der Waals surface area contributed by atoms with Crippen LogP contribution in [0.1, 0.15) is 28.8 Å². The van der Waals surface area contributed by atoms with E-state index in [1.807, 2.05) is 43.3 Å². The van der Waals surface area contributed by atoms with Crippen LogP contribution in [-0.2, 0) is 13.6 Å². The molecule has 0 bridgehead atoms. The summed E-state index contributed by atoms with van der Waals surface area (Å²) in [6.45, 7) is 2.93. The summed E-state index contributed by atoms with van der Waals surface area (Å²) in [5.74, 6) is 0.0501. The lowest BCUT2D eigenvalue weighted by atomic mass is 10.0. The van der Waals surface area contributed by atoms with E-state index in [1.165, 1.54) is 5.56 Å². The van der Waals surface area contributed by atoms with E-state index in [0.29, 0.717) is 5.56 Å². The first-order valence-corrected chi connectivity index (χ1v) is 9.45. The molecule has 2 heterocycles. The Balaban J connectivity index is 1.45. The van der Waals surface area contributed by atoms with E-state index in [9.17, 15) is 4.79 Å². The molecule has 140 valence electrons. The number of piperidine rings is 1. The summed E-state index contributed by atoms with van der Waals surface area (Å²) in [6, 6.07) is 16.4. The van der Waals surface area contributed by atoms with Crippen LogP contribution < -0.4 is 0 Å². The largest absolute Gasteiger partial charge is 0.337 e. The predicted molar refractivity (Wildman–Crippen MR) is 105 cm³/mol. The first-order valence-electron chi connectivity index (χ1n) is 9.45. The van der Waals surface area contributed by atoms with Crippen molar-refractivity contribution in [1.29, 1.82) is 0 Å². The minimum Gasteiger partial charge on any atom is -0.337 e. The molecular weight excluding hydrogens is 338 g/mol. The van der Waals surface area contributed by atoms with Gasteiger partial charge >= 0.3 is 0 Å². The van der Waals surface area contributed by atoms with Crippen molar-refractivity contribution in [2.75, 3.05) is 20.1 Å². The molecule has 1 aromatic heterocycles. The predicted octanol–water partition coefficient (Wildman–Crippen LogP) is 2.70. The standard InChI is InChI=1S/C21H25N5O/c1-24(21(27)17-10-11-20-19(13-17)22-23-25(20)2)18-9-6-12-26(15-18)14-16-7-4-3-5-8-16/h3-5,7-8,10-11,13,18H,6,9,12,14-15H2,1-2H3. The Hall–Kier alpha value is -2.73. The van der Waals surface area contributed by atoms with Gasteiger partial charge < -0.3 is 4.90 Å². The Labute approximate surface area is 159 Å². The second kappa shape index (κ2) is 7.48. The number of hydrogen-bond donors (Lipinski definition) is 0. The number of fused-ring (bicyclic) bond motifs is 1. The molecule has 0 saturated carbocycles.